The molecule has 0 unspecified atom stereocenters. The van der Waals surface area contributed by atoms with Crippen molar-refractivity contribution in [1.82, 2.24) is 10.2 Å². The van der Waals surface area contributed by atoms with E-state index in [9.17, 15) is 36.1 Å². The summed E-state index contributed by atoms with van der Waals surface area (Å²) >= 11 is 6.11. The number of hydrogen-bond acceptors (Lipinski definition) is 6. The minimum atomic E-state index is -4.90. The Labute approximate surface area is 230 Å². The third-order valence-electron chi connectivity index (χ3n) is 5.88. The van der Waals surface area contributed by atoms with E-state index in [1.807, 2.05) is 4.90 Å². The first-order valence-electron chi connectivity index (χ1n) is 11.7. The highest BCUT2D eigenvalue weighted by Crippen LogP contribution is 2.35. The first-order chi connectivity index (χ1) is 18.6. The van der Waals surface area contributed by atoms with Gasteiger partial charge in [0, 0.05) is 49.9 Å². The zero-order chi connectivity index (χ0) is 29.7. The lowest BCUT2D eigenvalue weighted by molar-refractivity contribution is -0.138. The van der Waals surface area contributed by atoms with Crippen LogP contribution in [0.25, 0.3) is 0 Å². The van der Waals surface area contributed by atoms with E-state index in [0.717, 1.165) is 12.1 Å². The molecule has 1 aliphatic heterocycles. The van der Waals surface area contributed by atoms with Gasteiger partial charge >= 0.3 is 14.0 Å². The third kappa shape index (κ3) is 9.39. The van der Waals surface area contributed by atoms with Gasteiger partial charge in [-0.15, -0.1) is 0 Å². The molecule has 0 spiro atoms. The van der Waals surface area contributed by atoms with Gasteiger partial charge in [-0.25, -0.2) is 13.3 Å². The molecule has 10 nitrogen and oxygen atoms in total. The van der Waals surface area contributed by atoms with Crippen LogP contribution in [-0.2, 0) is 20.4 Å². The second kappa shape index (κ2) is 13.2. The van der Waals surface area contributed by atoms with Crippen LogP contribution in [-0.4, -0.2) is 72.0 Å². The highest BCUT2D eigenvalue weighted by atomic mass is 35.5. The second-order valence-electron chi connectivity index (χ2n) is 8.75. The minimum absolute atomic E-state index is 0.137. The van der Waals surface area contributed by atoms with E-state index in [0.29, 0.717) is 36.9 Å². The molecule has 4 N–H and O–H groups in total. The van der Waals surface area contributed by atoms with Crippen LogP contribution in [0.5, 0.6) is 0 Å². The van der Waals surface area contributed by atoms with E-state index in [1.165, 1.54) is 12.1 Å². The molecule has 0 atom stereocenters. The Morgan fingerprint density at radius 2 is 1.73 bits per heavy atom. The molecule has 2 aromatic carbocycles. The van der Waals surface area contributed by atoms with Crippen LogP contribution in [0.4, 0.5) is 33.3 Å². The molecule has 1 heterocycles. The smallest absolute Gasteiger partial charge is 0.367 e. The number of nitrogens with zero attached hydrogens (tertiary/aromatic N) is 2. The van der Waals surface area contributed by atoms with Gasteiger partial charge in [-0.1, -0.05) is 17.7 Å². The summed E-state index contributed by atoms with van der Waals surface area (Å²) in [6.07, 6.45) is -5.19. The van der Waals surface area contributed by atoms with Crippen LogP contribution in [0.2, 0.25) is 5.02 Å². The van der Waals surface area contributed by atoms with Crippen LogP contribution < -0.4 is 15.5 Å². The molecular weight excluding hydrogens is 590 g/mol. The van der Waals surface area contributed by atoms with E-state index >= 15 is 0 Å². The Morgan fingerprint density at radius 3 is 2.35 bits per heavy atom. The molecule has 0 bridgehead atoms. The van der Waals surface area contributed by atoms with E-state index in [2.05, 4.69) is 15.2 Å². The number of carbonyl (C=O) groups is 2. The van der Waals surface area contributed by atoms with Gasteiger partial charge in [0.2, 0.25) is 5.91 Å². The monoisotopic (exact) mass is 614 g/mol. The lowest BCUT2D eigenvalue weighted by Gasteiger charge is -2.37. The lowest BCUT2D eigenvalue weighted by Crippen LogP contribution is -2.47. The molecule has 2 aromatic rings. The number of halogens is 6. The zero-order valence-electron chi connectivity index (χ0n) is 20.7. The topological polar surface area (TPSA) is 131 Å². The molecule has 17 heteroatoms. The first-order valence-corrected chi connectivity index (χ1v) is 13.6. The number of rotatable bonds is 10. The van der Waals surface area contributed by atoms with Gasteiger partial charge in [0.1, 0.15) is 6.61 Å². The fourth-order valence-corrected chi connectivity index (χ4v) is 4.30. The summed E-state index contributed by atoms with van der Waals surface area (Å²) < 4.78 is 81.6. The molecule has 1 saturated heterocycles. The highest BCUT2D eigenvalue weighted by Gasteiger charge is 2.29. The summed E-state index contributed by atoms with van der Waals surface area (Å²) in [6.45, 7) is -0.362. The molecule has 2 amide bonds. The molecule has 40 heavy (non-hydrogen) atoms. The number of piperazine rings is 1. The number of amides is 2. The molecule has 1 fully saturated rings. The largest absolute Gasteiger partial charge is 0.470 e. The Morgan fingerprint density at radius 1 is 1.05 bits per heavy atom. The second-order valence-corrected chi connectivity index (χ2v) is 10.4. The molecular formula is C23H25ClF5N4O6P. The van der Waals surface area contributed by atoms with Crippen molar-refractivity contribution in [3.63, 3.8) is 0 Å². The van der Waals surface area contributed by atoms with Crippen LogP contribution in [0.1, 0.15) is 22.3 Å². The number of hydrogen-bond donors (Lipinski definition) is 4. The zero-order valence-corrected chi connectivity index (χ0v) is 22.3. The average Bonchev–Trinajstić information content (AvgIpc) is 2.87. The van der Waals surface area contributed by atoms with E-state index in [-0.39, 0.29) is 17.8 Å². The Hall–Kier alpha value is -2.81. The van der Waals surface area contributed by atoms with Crippen molar-refractivity contribution in [1.29, 1.82) is 0 Å². The minimum Gasteiger partial charge on any atom is -0.367 e. The van der Waals surface area contributed by atoms with Gasteiger partial charge in [0.05, 0.1) is 23.4 Å². The normalized spacial score (nSPS) is 14.8. The van der Waals surface area contributed by atoms with Gasteiger partial charge < -0.3 is 25.3 Å². The van der Waals surface area contributed by atoms with Crippen LogP contribution in [0, 0.1) is 11.6 Å². The van der Waals surface area contributed by atoms with Crippen molar-refractivity contribution in [2.75, 3.05) is 49.5 Å². The van der Waals surface area contributed by atoms with Gasteiger partial charge in [0.25, 0.3) is 5.91 Å². The first kappa shape index (κ1) is 31.7. The standard InChI is InChI=1S/C23H25ClF5N4O6P/c24-15-2-4-17(18(11-15)33-9-7-32(8-10-33)6-5-23(27,28)29)31-22(35)16-3-1-14(20(25)21(16)26)12-30-19(34)13-39-40(36,37)38/h1-4,11H,5-10,12-13H2,(H,30,34)(H,31,35)(H2,36,37,38). The van der Waals surface area contributed by atoms with Crippen molar-refractivity contribution in [3.05, 3.63) is 58.1 Å². The summed E-state index contributed by atoms with van der Waals surface area (Å²) in [5.74, 6) is -4.91. The number of phosphoric acid groups is 1. The summed E-state index contributed by atoms with van der Waals surface area (Å²) in [5, 5.41) is 4.93. The quantitative estimate of drug-likeness (QED) is 0.236. The third-order valence-corrected chi connectivity index (χ3v) is 6.58. The van der Waals surface area contributed by atoms with Crippen molar-refractivity contribution in [2.24, 2.45) is 0 Å². The molecule has 1 aliphatic rings. The fraction of sp³-hybridized carbons (Fsp3) is 0.391. The number of anilines is 2. The van der Waals surface area contributed by atoms with Crippen LogP contribution in [0.3, 0.4) is 0 Å². The maximum Gasteiger partial charge on any atom is 0.470 e. The van der Waals surface area contributed by atoms with E-state index in [1.54, 1.807) is 11.0 Å². The molecule has 0 aromatic heterocycles. The van der Waals surface area contributed by atoms with Gasteiger partial charge in [-0.05, 0) is 24.3 Å². The predicted octanol–water partition coefficient (Wildman–Crippen LogP) is 3.67. The average molecular weight is 615 g/mol. The van der Waals surface area contributed by atoms with Gasteiger partial charge in [-0.3, -0.25) is 19.0 Å². The predicted molar refractivity (Wildman–Crippen MR) is 135 cm³/mol. The maximum atomic E-state index is 14.8. The number of phosphoric ester groups is 1. The summed E-state index contributed by atoms with van der Waals surface area (Å²) in [5.41, 5.74) is -0.308. The molecule has 0 aliphatic carbocycles. The van der Waals surface area contributed by atoms with Crippen molar-refractivity contribution in [3.8, 4) is 0 Å². The number of carbonyl (C=O) groups excluding carboxylic acids is 2. The highest BCUT2D eigenvalue weighted by molar-refractivity contribution is 7.46. The number of nitrogens with one attached hydrogen (secondary N) is 2. The van der Waals surface area contributed by atoms with Gasteiger partial charge in [0.15, 0.2) is 11.6 Å². The van der Waals surface area contributed by atoms with Crippen molar-refractivity contribution < 1.29 is 50.4 Å². The van der Waals surface area contributed by atoms with Crippen LogP contribution in [0.15, 0.2) is 30.3 Å². The van der Waals surface area contributed by atoms with Crippen molar-refractivity contribution in [2.45, 2.75) is 19.1 Å². The molecule has 0 radical (unpaired) electrons. The van der Waals surface area contributed by atoms with E-state index in [4.69, 9.17) is 21.4 Å². The Balaban J connectivity index is 1.66. The van der Waals surface area contributed by atoms with E-state index < -0.39 is 62.6 Å². The molecule has 220 valence electrons. The molecule has 0 saturated carbocycles. The summed E-state index contributed by atoms with van der Waals surface area (Å²) in [4.78, 5) is 45.1. The maximum absolute atomic E-state index is 14.8. The van der Waals surface area contributed by atoms with Crippen molar-refractivity contribution >= 4 is 42.6 Å². The molecule has 3 rings (SSSR count). The Bertz CT molecular complexity index is 1290. The van der Waals surface area contributed by atoms with Gasteiger partial charge in [-0.2, -0.15) is 13.2 Å². The fourth-order valence-electron chi connectivity index (χ4n) is 3.85. The lowest BCUT2D eigenvalue weighted by atomic mass is 10.1. The summed E-state index contributed by atoms with van der Waals surface area (Å²) in [6, 6.07) is 6.53. The van der Waals surface area contributed by atoms with Crippen LogP contribution >= 0.6 is 19.4 Å². The summed E-state index contributed by atoms with van der Waals surface area (Å²) in [7, 11) is -4.90. The number of alkyl halides is 3. The Kier molecular flexibility index (Phi) is 10.5. The SMILES string of the molecule is O=C(COP(=O)(O)O)NCc1ccc(C(=O)Nc2ccc(Cl)cc2N2CCN(CCC(F)(F)F)CC2)c(F)c1F. The number of benzene rings is 2.